The van der Waals surface area contributed by atoms with Crippen LogP contribution < -0.4 is 5.48 Å². The summed E-state index contributed by atoms with van der Waals surface area (Å²) in [6.07, 6.45) is -4.15. The van der Waals surface area contributed by atoms with Crippen LogP contribution in [-0.2, 0) is 20.6 Å². The molecule has 0 amide bonds. The van der Waals surface area contributed by atoms with E-state index >= 15 is 0 Å². The van der Waals surface area contributed by atoms with E-state index < -0.39 is 27.5 Å². The second-order valence-electron chi connectivity index (χ2n) is 7.41. The molecule has 1 N–H and O–H groups in total. The summed E-state index contributed by atoms with van der Waals surface area (Å²) in [6.45, 7) is 1.41. The van der Waals surface area contributed by atoms with Gasteiger partial charge in [-0.25, -0.2) is 23.9 Å². The topological polar surface area (TPSA) is 117 Å². The van der Waals surface area contributed by atoms with Crippen LogP contribution >= 0.6 is 0 Å². The molecular weight excluding hydrogens is 521 g/mol. The van der Waals surface area contributed by atoms with Crippen molar-refractivity contribution in [1.29, 1.82) is 5.26 Å². The second kappa shape index (κ2) is 10.6. The Balaban J connectivity index is 2.11. The number of aromatic nitrogens is 2. The fraction of sp³-hybridized carbons (Fsp3) is 0.217. The number of hydroxylamine groups is 1. The van der Waals surface area contributed by atoms with Gasteiger partial charge in [0.15, 0.2) is 21.5 Å². The molecule has 2 heterocycles. The molecule has 0 bridgehead atoms. The number of nitrogens with one attached hydrogen (secondary N) is 1. The van der Waals surface area contributed by atoms with E-state index in [2.05, 4.69) is 20.4 Å². The number of hydrogen-bond donors (Lipinski definition) is 1. The molecule has 0 fully saturated rings. The van der Waals surface area contributed by atoms with Crippen LogP contribution in [0.5, 0.6) is 0 Å². The van der Waals surface area contributed by atoms with Crippen LogP contribution in [0.15, 0.2) is 64.7 Å². The van der Waals surface area contributed by atoms with E-state index in [1.807, 2.05) is 6.07 Å². The number of halogens is 5. The van der Waals surface area contributed by atoms with Crippen LogP contribution in [0.4, 0.5) is 27.8 Å². The van der Waals surface area contributed by atoms with Crippen molar-refractivity contribution < 1.29 is 35.2 Å². The first kappa shape index (κ1) is 27.6. The summed E-state index contributed by atoms with van der Waals surface area (Å²) < 4.78 is 90.8. The van der Waals surface area contributed by atoms with Crippen molar-refractivity contribution in [1.82, 2.24) is 15.4 Å². The van der Waals surface area contributed by atoms with Gasteiger partial charge in [-0.3, -0.25) is 9.82 Å². The van der Waals surface area contributed by atoms with Crippen molar-refractivity contribution in [3.63, 3.8) is 0 Å². The lowest BCUT2D eigenvalue weighted by Gasteiger charge is -2.19. The summed E-state index contributed by atoms with van der Waals surface area (Å²) in [4.78, 5) is 16.4. The van der Waals surface area contributed by atoms with Crippen LogP contribution in [0.25, 0.3) is 11.1 Å². The van der Waals surface area contributed by atoms with E-state index in [0.29, 0.717) is 29.0 Å². The van der Waals surface area contributed by atoms with Crippen molar-refractivity contribution in [3.8, 4) is 17.2 Å². The van der Waals surface area contributed by atoms with Gasteiger partial charge in [0.25, 0.3) is 0 Å². The van der Waals surface area contributed by atoms with Gasteiger partial charge in [0.05, 0.1) is 29.4 Å². The lowest BCUT2D eigenvalue weighted by Crippen LogP contribution is -2.33. The molecule has 0 atom stereocenters. The summed E-state index contributed by atoms with van der Waals surface area (Å²) in [5.41, 5.74) is 2.14. The fourth-order valence-corrected chi connectivity index (χ4v) is 4.11. The average Bonchev–Trinajstić information content (AvgIpc) is 2.88. The normalized spacial score (nSPS) is 12.8. The van der Waals surface area contributed by atoms with Gasteiger partial charge in [-0.05, 0) is 35.9 Å². The molecule has 0 unspecified atom stereocenters. The van der Waals surface area contributed by atoms with Gasteiger partial charge in [-0.1, -0.05) is 19.1 Å². The molecule has 1 aromatic carbocycles. The fourth-order valence-electron chi connectivity index (χ4n) is 3.05. The third kappa shape index (κ3) is 5.89. The number of benzene rings is 1. The molecule has 0 saturated heterocycles. The lowest BCUT2D eigenvalue weighted by molar-refractivity contribution is -0.289. The Bertz CT molecular complexity index is 1450. The summed E-state index contributed by atoms with van der Waals surface area (Å²) in [5, 5.41) is 8.98. The number of sulfone groups is 1. The summed E-state index contributed by atoms with van der Waals surface area (Å²) in [6, 6.07) is 11.0. The maximum absolute atomic E-state index is 13.6. The highest BCUT2D eigenvalue weighted by Gasteiger charge is 2.58. The number of amidine groups is 1. The standard InChI is InChI=1S/C23H18F5N5O3S/c1-3-37(34,35)18-10-16(15-6-4-14(11-29)5-7-15)12-31-20(18)21(33-36-2)32-19-9-8-17(13-30-19)22(24,25)23(26,27)28/h4-10,12-13H,3H2,1-2H3,(H,30,32,33). The lowest BCUT2D eigenvalue weighted by atomic mass is 10.1. The van der Waals surface area contributed by atoms with Crippen LogP contribution in [0.1, 0.15) is 23.7 Å². The van der Waals surface area contributed by atoms with Gasteiger partial charge in [0.1, 0.15) is 5.69 Å². The predicted molar refractivity (Wildman–Crippen MR) is 123 cm³/mol. The highest BCUT2D eigenvalue weighted by Crippen LogP contribution is 2.43. The monoisotopic (exact) mass is 539 g/mol. The molecule has 3 rings (SSSR count). The number of alkyl halides is 5. The molecule has 2 aromatic heterocycles. The molecule has 3 aromatic rings. The van der Waals surface area contributed by atoms with E-state index in [0.717, 1.165) is 6.07 Å². The smallest absolute Gasteiger partial charge is 0.278 e. The molecule has 0 aliphatic rings. The number of nitriles is 1. The number of rotatable bonds is 7. The minimum absolute atomic E-state index is 0.201. The minimum Gasteiger partial charge on any atom is -0.278 e. The van der Waals surface area contributed by atoms with Crippen LogP contribution in [0.3, 0.4) is 0 Å². The molecule has 0 aliphatic heterocycles. The first-order chi connectivity index (χ1) is 17.3. The first-order valence-electron chi connectivity index (χ1n) is 10.4. The quantitative estimate of drug-likeness (QED) is 0.200. The second-order valence-corrected chi connectivity index (χ2v) is 9.65. The van der Waals surface area contributed by atoms with Gasteiger partial charge in [-0.15, -0.1) is 0 Å². The van der Waals surface area contributed by atoms with E-state index in [1.165, 1.54) is 26.3 Å². The van der Waals surface area contributed by atoms with Crippen molar-refractivity contribution in [3.05, 3.63) is 71.7 Å². The number of aliphatic imine (C=N–C) groups is 1. The van der Waals surface area contributed by atoms with E-state index in [9.17, 15) is 30.4 Å². The Labute approximate surface area is 208 Å². The van der Waals surface area contributed by atoms with E-state index in [1.54, 1.807) is 24.3 Å². The Morgan fingerprint density at radius 3 is 2.24 bits per heavy atom. The van der Waals surface area contributed by atoms with Gasteiger partial charge in [0, 0.05) is 23.5 Å². The zero-order valence-corrected chi connectivity index (χ0v) is 20.0. The Morgan fingerprint density at radius 1 is 1.05 bits per heavy atom. The Morgan fingerprint density at radius 2 is 1.73 bits per heavy atom. The third-order valence-corrected chi connectivity index (χ3v) is 6.77. The molecule has 0 aliphatic carbocycles. The van der Waals surface area contributed by atoms with Crippen LogP contribution in [0, 0.1) is 11.3 Å². The average molecular weight is 539 g/mol. The maximum atomic E-state index is 13.6. The first-order valence-corrected chi connectivity index (χ1v) is 12.0. The van der Waals surface area contributed by atoms with E-state index in [-0.39, 0.29) is 28.0 Å². The minimum atomic E-state index is -5.81. The maximum Gasteiger partial charge on any atom is 0.458 e. The van der Waals surface area contributed by atoms with Crippen LogP contribution in [-0.4, -0.2) is 43.3 Å². The Kier molecular flexibility index (Phi) is 7.89. The van der Waals surface area contributed by atoms with Gasteiger partial charge < -0.3 is 0 Å². The number of hydrogen-bond acceptors (Lipinski definition) is 7. The van der Waals surface area contributed by atoms with Crippen LogP contribution in [0.2, 0.25) is 0 Å². The Hall–Kier alpha value is -3.96. The SMILES string of the molecule is CCS(=O)(=O)c1cc(-c2ccc(C#N)cc2)cnc1C(=Nc1ccc(C(F)(F)C(F)(F)F)cn1)NOC. The molecule has 8 nitrogen and oxygen atoms in total. The summed E-state index contributed by atoms with van der Waals surface area (Å²) >= 11 is 0. The summed E-state index contributed by atoms with van der Waals surface area (Å²) in [5.74, 6) is -6.04. The molecule has 0 radical (unpaired) electrons. The predicted octanol–water partition coefficient (Wildman–Crippen LogP) is 4.69. The third-order valence-electron chi connectivity index (χ3n) is 5.03. The molecule has 194 valence electrons. The zero-order valence-electron chi connectivity index (χ0n) is 19.2. The van der Waals surface area contributed by atoms with Gasteiger partial charge in [-0.2, -0.15) is 27.2 Å². The van der Waals surface area contributed by atoms with Crippen molar-refractivity contribution in [2.24, 2.45) is 4.99 Å². The zero-order chi connectivity index (χ0) is 27.4. The number of nitrogens with zero attached hydrogens (tertiary/aromatic N) is 4. The largest absolute Gasteiger partial charge is 0.458 e. The molecule has 0 saturated carbocycles. The molecular formula is C23H18F5N5O3S. The van der Waals surface area contributed by atoms with E-state index in [4.69, 9.17) is 10.1 Å². The van der Waals surface area contributed by atoms with Gasteiger partial charge >= 0.3 is 12.1 Å². The molecule has 0 spiro atoms. The summed E-state index contributed by atoms with van der Waals surface area (Å²) in [7, 11) is -2.72. The molecule has 14 heteroatoms. The number of pyridine rings is 2. The highest BCUT2D eigenvalue weighted by atomic mass is 32.2. The highest BCUT2D eigenvalue weighted by molar-refractivity contribution is 7.91. The van der Waals surface area contributed by atoms with Crippen molar-refractivity contribution in [2.75, 3.05) is 12.9 Å². The van der Waals surface area contributed by atoms with Crippen molar-refractivity contribution in [2.45, 2.75) is 23.9 Å². The molecule has 37 heavy (non-hydrogen) atoms. The van der Waals surface area contributed by atoms with Crippen molar-refractivity contribution >= 4 is 21.5 Å². The van der Waals surface area contributed by atoms with Gasteiger partial charge in [0.2, 0.25) is 0 Å².